The van der Waals surface area contributed by atoms with E-state index < -0.39 is 10.5 Å². The summed E-state index contributed by atoms with van der Waals surface area (Å²) in [5, 5.41) is 15.8. The molecule has 2 aromatic rings. The predicted octanol–water partition coefficient (Wildman–Crippen LogP) is 4.39. The Labute approximate surface area is 173 Å². The molecule has 1 aliphatic heterocycles. The van der Waals surface area contributed by atoms with Gasteiger partial charge in [-0.05, 0) is 52.7 Å². The minimum Gasteiger partial charge on any atom is -0.444 e. The molecule has 156 valence electrons. The number of rotatable bonds is 3. The topological polar surface area (TPSA) is 103 Å². The second kappa shape index (κ2) is 7.98. The van der Waals surface area contributed by atoms with E-state index in [9.17, 15) is 14.9 Å². The van der Waals surface area contributed by atoms with Gasteiger partial charge in [-0.25, -0.2) is 14.5 Å². The monoisotopic (exact) mass is 421 g/mol. The number of carbonyl (C=O) groups is 1. The fourth-order valence-corrected chi connectivity index (χ4v) is 3.48. The van der Waals surface area contributed by atoms with Gasteiger partial charge < -0.3 is 9.64 Å². The molecule has 0 bridgehead atoms. The fraction of sp³-hybridized carbons (Fsp3) is 0.526. The smallest absolute Gasteiger partial charge is 0.410 e. The van der Waals surface area contributed by atoms with E-state index in [0.717, 1.165) is 0 Å². The summed E-state index contributed by atoms with van der Waals surface area (Å²) in [6.07, 6.45) is 1.05. The average molecular weight is 422 g/mol. The predicted molar refractivity (Wildman–Crippen MR) is 108 cm³/mol. The van der Waals surface area contributed by atoms with Gasteiger partial charge in [-0.2, -0.15) is 5.10 Å². The van der Waals surface area contributed by atoms with Gasteiger partial charge in [-0.1, -0.05) is 11.6 Å². The van der Waals surface area contributed by atoms with Crippen LogP contribution in [-0.2, 0) is 4.74 Å². The summed E-state index contributed by atoms with van der Waals surface area (Å²) in [6.45, 7) is 8.38. The van der Waals surface area contributed by atoms with Crippen molar-refractivity contribution in [1.29, 1.82) is 0 Å². The van der Waals surface area contributed by atoms with Crippen molar-refractivity contribution >= 4 is 23.4 Å². The third kappa shape index (κ3) is 4.84. The maximum Gasteiger partial charge on any atom is 0.410 e. The highest BCUT2D eigenvalue weighted by Crippen LogP contribution is 2.32. The van der Waals surface area contributed by atoms with E-state index in [-0.39, 0.29) is 22.8 Å². The molecule has 1 aromatic heterocycles. The molecule has 1 aromatic carbocycles. The molecule has 29 heavy (non-hydrogen) atoms. The molecule has 2 heterocycles. The van der Waals surface area contributed by atoms with E-state index in [0.29, 0.717) is 43.1 Å². The van der Waals surface area contributed by atoms with E-state index in [1.54, 1.807) is 22.6 Å². The molecule has 9 nitrogen and oxygen atoms in total. The average Bonchev–Trinajstić information content (AvgIpc) is 3.02. The molecule has 0 N–H and O–H groups in total. The molecule has 1 amide bonds. The van der Waals surface area contributed by atoms with Crippen molar-refractivity contribution in [2.75, 3.05) is 13.1 Å². The first-order chi connectivity index (χ1) is 13.5. The second-order valence-corrected chi connectivity index (χ2v) is 8.46. The number of amides is 1. The number of piperidine rings is 1. The molecular weight excluding hydrogens is 398 g/mol. The van der Waals surface area contributed by atoms with Gasteiger partial charge in [-0.15, -0.1) is 0 Å². The quantitative estimate of drug-likeness (QED) is 0.537. The highest BCUT2D eigenvalue weighted by atomic mass is 35.5. The maximum absolute atomic E-state index is 12.3. The molecule has 10 heteroatoms. The largest absolute Gasteiger partial charge is 0.444 e. The summed E-state index contributed by atoms with van der Waals surface area (Å²) in [4.78, 5) is 29.1. The zero-order valence-corrected chi connectivity index (χ0v) is 17.6. The van der Waals surface area contributed by atoms with Crippen molar-refractivity contribution in [2.45, 2.75) is 52.2 Å². The molecule has 0 atom stereocenters. The summed E-state index contributed by atoms with van der Waals surface area (Å²) in [5.74, 6) is 1.13. The van der Waals surface area contributed by atoms with Gasteiger partial charge >= 0.3 is 6.09 Å². The highest BCUT2D eigenvalue weighted by Gasteiger charge is 2.29. The van der Waals surface area contributed by atoms with E-state index in [2.05, 4.69) is 10.1 Å². The minimum atomic E-state index is -0.534. The van der Waals surface area contributed by atoms with Crippen LogP contribution in [0.3, 0.4) is 0 Å². The first-order valence-electron chi connectivity index (χ1n) is 9.40. The van der Waals surface area contributed by atoms with E-state index in [1.165, 1.54) is 12.1 Å². The first kappa shape index (κ1) is 21.0. The molecule has 0 aliphatic carbocycles. The van der Waals surface area contributed by atoms with Crippen molar-refractivity contribution in [3.8, 4) is 11.4 Å². The number of aryl methyl sites for hydroxylation is 1. The third-order valence-corrected chi connectivity index (χ3v) is 4.92. The molecule has 0 spiro atoms. The molecule has 1 aliphatic rings. The highest BCUT2D eigenvalue weighted by molar-refractivity contribution is 6.32. The molecule has 1 fully saturated rings. The fourth-order valence-electron chi connectivity index (χ4n) is 3.29. The summed E-state index contributed by atoms with van der Waals surface area (Å²) in [7, 11) is 0. The summed E-state index contributed by atoms with van der Waals surface area (Å²) < 4.78 is 7.24. The van der Waals surface area contributed by atoms with Crippen LogP contribution in [0.4, 0.5) is 10.5 Å². The Morgan fingerprint density at radius 3 is 2.55 bits per heavy atom. The number of nitro groups is 1. The SMILES string of the molecule is Cc1nc(-c2ccc(Cl)c([N+](=O)[O-])c2)n(C2CCN(C(=O)OC(C)(C)C)CC2)n1. The van der Waals surface area contributed by atoms with Crippen LogP contribution >= 0.6 is 11.6 Å². The summed E-state index contributed by atoms with van der Waals surface area (Å²) >= 11 is 5.93. The summed E-state index contributed by atoms with van der Waals surface area (Å²) in [6, 6.07) is 4.64. The first-order valence-corrected chi connectivity index (χ1v) is 9.78. The van der Waals surface area contributed by atoms with Crippen LogP contribution < -0.4 is 0 Å². The zero-order chi connectivity index (χ0) is 21.3. The number of nitrogens with zero attached hydrogens (tertiary/aromatic N) is 5. The van der Waals surface area contributed by atoms with Crippen LogP contribution in [-0.4, -0.2) is 49.4 Å². The Bertz CT molecular complexity index is 929. The van der Waals surface area contributed by atoms with Crippen molar-refractivity contribution in [2.24, 2.45) is 0 Å². The Kier molecular flexibility index (Phi) is 5.79. The van der Waals surface area contributed by atoms with Crippen LogP contribution in [0, 0.1) is 17.0 Å². The Morgan fingerprint density at radius 1 is 1.31 bits per heavy atom. The van der Waals surface area contributed by atoms with Crippen molar-refractivity contribution in [3.05, 3.63) is 39.2 Å². The van der Waals surface area contributed by atoms with Gasteiger partial charge in [-0.3, -0.25) is 10.1 Å². The number of likely N-dealkylation sites (tertiary alicyclic amines) is 1. The van der Waals surface area contributed by atoms with Crippen LogP contribution in [0.5, 0.6) is 0 Å². The lowest BCUT2D eigenvalue weighted by atomic mass is 10.0. The Hall–Kier alpha value is -2.68. The van der Waals surface area contributed by atoms with Gasteiger partial charge in [0.25, 0.3) is 5.69 Å². The molecule has 0 unspecified atom stereocenters. The lowest BCUT2D eigenvalue weighted by Gasteiger charge is -2.33. The van der Waals surface area contributed by atoms with Gasteiger partial charge in [0.1, 0.15) is 16.4 Å². The number of hydrogen-bond acceptors (Lipinski definition) is 6. The minimum absolute atomic E-state index is 0.0274. The third-order valence-electron chi connectivity index (χ3n) is 4.60. The van der Waals surface area contributed by atoms with Crippen molar-refractivity contribution in [3.63, 3.8) is 0 Å². The number of nitro benzene ring substituents is 1. The number of benzene rings is 1. The van der Waals surface area contributed by atoms with Gasteiger partial charge in [0.15, 0.2) is 5.82 Å². The van der Waals surface area contributed by atoms with Crippen molar-refractivity contribution in [1.82, 2.24) is 19.7 Å². The summed E-state index contributed by atoms with van der Waals surface area (Å²) in [5.41, 5.74) is -0.125. The van der Waals surface area contributed by atoms with Gasteiger partial charge in [0.2, 0.25) is 0 Å². The molecule has 3 rings (SSSR count). The Balaban J connectivity index is 1.80. The van der Waals surface area contributed by atoms with Crippen LogP contribution in [0.15, 0.2) is 18.2 Å². The van der Waals surface area contributed by atoms with Crippen LogP contribution in [0.25, 0.3) is 11.4 Å². The van der Waals surface area contributed by atoms with E-state index >= 15 is 0 Å². The van der Waals surface area contributed by atoms with E-state index in [4.69, 9.17) is 16.3 Å². The van der Waals surface area contributed by atoms with Crippen molar-refractivity contribution < 1.29 is 14.5 Å². The number of ether oxygens (including phenoxy) is 1. The standard InChI is InChI=1S/C19H24ClN5O4/c1-12-21-17(13-5-6-15(20)16(11-13)25(27)28)24(22-12)14-7-9-23(10-8-14)18(26)29-19(2,3)4/h5-6,11,14H,7-10H2,1-4H3. The number of hydrogen-bond donors (Lipinski definition) is 0. The normalized spacial score (nSPS) is 15.4. The molecule has 1 saturated heterocycles. The van der Waals surface area contributed by atoms with Crippen LogP contribution in [0.1, 0.15) is 45.5 Å². The lowest BCUT2D eigenvalue weighted by molar-refractivity contribution is -0.384. The number of carbonyl (C=O) groups excluding carboxylic acids is 1. The lowest BCUT2D eigenvalue weighted by Crippen LogP contribution is -2.42. The van der Waals surface area contributed by atoms with Gasteiger partial charge in [0, 0.05) is 24.7 Å². The van der Waals surface area contributed by atoms with Gasteiger partial charge in [0.05, 0.1) is 11.0 Å². The number of aromatic nitrogens is 3. The maximum atomic E-state index is 12.3. The van der Waals surface area contributed by atoms with E-state index in [1.807, 2.05) is 20.8 Å². The molecule has 0 saturated carbocycles. The molecule has 0 radical (unpaired) electrons. The Morgan fingerprint density at radius 2 is 1.97 bits per heavy atom. The molecular formula is C19H24ClN5O4. The van der Waals surface area contributed by atoms with Crippen LogP contribution in [0.2, 0.25) is 5.02 Å². The second-order valence-electron chi connectivity index (χ2n) is 8.05. The number of halogens is 1. The zero-order valence-electron chi connectivity index (χ0n) is 16.9.